The van der Waals surface area contributed by atoms with Gasteiger partial charge in [-0.2, -0.15) is 0 Å². The summed E-state index contributed by atoms with van der Waals surface area (Å²) in [5.74, 6) is -0.481. The number of carbonyl (C=O) groups is 1. The number of ether oxygens (including phenoxy) is 2. The van der Waals surface area contributed by atoms with Crippen molar-refractivity contribution >= 4 is 5.97 Å². The van der Waals surface area contributed by atoms with E-state index in [1.165, 1.54) is 14.2 Å². The van der Waals surface area contributed by atoms with Crippen LogP contribution in [0.4, 0.5) is 0 Å². The minimum absolute atomic E-state index is 0.473. The third kappa shape index (κ3) is 2.78. The molecule has 0 fully saturated rings. The van der Waals surface area contributed by atoms with Crippen molar-refractivity contribution in [1.82, 2.24) is 0 Å². The number of benzene rings is 1. The fraction of sp³-hybridized carbons (Fsp3) is 0.364. The van der Waals surface area contributed by atoms with Crippen LogP contribution < -0.4 is 5.73 Å². The zero-order valence-electron chi connectivity index (χ0n) is 8.84. The van der Waals surface area contributed by atoms with E-state index in [1.807, 2.05) is 30.3 Å². The third-order valence-corrected chi connectivity index (χ3v) is 2.18. The highest BCUT2D eigenvalue weighted by atomic mass is 16.5. The summed E-state index contributed by atoms with van der Waals surface area (Å²) in [5.41, 5.74) is 6.57. The van der Waals surface area contributed by atoms with Gasteiger partial charge >= 0.3 is 5.97 Å². The second-order valence-corrected chi connectivity index (χ2v) is 3.12. The molecule has 4 heteroatoms. The number of carbonyl (C=O) groups excluding carboxylic acids is 1. The number of hydrogen-bond acceptors (Lipinski definition) is 4. The average molecular weight is 209 g/mol. The fourth-order valence-corrected chi connectivity index (χ4v) is 1.39. The van der Waals surface area contributed by atoms with Gasteiger partial charge in [0.2, 0.25) is 0 Å². The normalized spacial score (nSPS) is 14.3. The Morgan fingerprint density at radius 2 is 1.87 bits per heavy atom. The van der Waals surface area contributed by atoms with Crippen LogP contribution in [0.25, 0.3) is 0 Å². The van der Waals surface area contributed by atoms with Crippen molar-refractivity contribution in [2.75, 3.05) is 14.2 Å². The Bertz CT molecular complexity index is 313. The molecular formula is C11H15NO3. The van der Waals surface area contributed by atoms with Gasteiger partial charge in [-0.25, -0.2) is 0 Å². The summed E-state index contributed by atoms with van der Waals surface area (Å²) < 4.78 is 9.77. The largest absolute Gasteiger partial charge is 0.468 e. The maximum Gasteiger partial charge on any atom is 0.325 e. The molecule has 0 aliphatic rings. The van der Waals surface area contributed by atoms with Crippen LogP contribution in [0, 0.1) is 0 Å². The summed E-state index contributed by atoms with van der Waals surface area (Å²) in [4.78, 5) is 11.3. The summed E-state index contributed by atoms with van der Waals surface area (Å²) in [6.45, 7) is 0. The van der Waals surface area contributed by atoms with Crippen LogP contribution >= 0.6 is 0 Å². The molecule has 1 aromatic rings. The number of esters is 1. The smallest absolute Gasteiger partial charge is 0.325 e. The van der Waals surface area contributed by atoms with Crippen LogP contribution in [0.5, 0.6) is 0 Å². The maximum atomic E-state index is 11.3. The van der Waals surface area contributed by atoms with Gasteiger partial charge in [0.15, 0.2) is 0 Å². The second kappa shape index (κ2) is 5.48. The molecule has 0 amide bonds. The number of methoxy groups -OCH3 is 2. The first kappa shape index (κ1) is 11.7. The summed E-state index contributed by atoms with van der Waals surface area (Å²) in [7, 11) is 2.82. The molecule has 15 heavy (non-hydrogen) atoms. The first-order chi connectivity index (χ1) is 7.20. The molecule has 0 saturated carbocycles. The third-order valence-electron chi connectivity index (χ3n) is 2.18. The van der Waals surface area contributed by atoms with E-state index < -0.39 is 18.1 Å². The van der Waals surface area contributed by atoms with E-state index >= 15 is 0 Å². The molecule has 0 aromatic heterocycles. The van der Waals surface area contributed by atoms with E-state index in [0.29, 0.717) is 0 Å². The van der Waals surface area contributed by atoms with Crippen LogP contribution in [0.1, 0.15) is 11.7 Å². The predicted molar refractivity (Wildman–Crippen MR) is 56.2 cm³/mol. The van der Waals surface area contributed by atoms with Crippen LogP contribution in [-0.4, -0.2) is 26.2 Å². The van der Waals surface area contributed by atoms with Crippen molar-refractivity contribution in [2.45, 2.75) is 12.1 Å². The Morgan fingerprint density at radius 3 is 2.33 bits per heavy atom. The molecule has 0 aliphatic heterocycles. The van der Waals surface area contributed by atoms with Gasteiger partial charge in [0.1, 0.15) is 12.1 Å². The number of rotatable bonds is 4. The van der Waals surface area contributed by atoms with E-state index in [0.717, 1.165) is 5.56 Å². The van der Waals surface area contributed by atoms with E-state index in [9.17, 15) is 4.79 Å². The summed E-state index contributed by atoms with van der Waals surface area (Å²) in [6.07, 6.45) is -0.473. The fourth-order valence-electron chi connectivity index (χ4n) is 1.39. The van der Waals surface area contributed by atoms with Gasteiger partial charge in [0, 0.05) is 7.11 Å². The van der Waals surface area contributed by atoms with Crippen LogP contribution in [0.3, 0.4) is 0 Å². The lowest BCUT2D eigenvalue weighted by atomic mass is 10.0. The van der Waals surface area contributed by atoms with Gasteiger partial charge in [0.25, 0.3) is 0 Å². The second-order valence-electron chi connectivity index (χ2n) is 3.12. The summed E-state index contributed by atoms with van der Waals surface area (Å²) in [6, 6.07) is 8.53. The van der Waals surface area contributed by atoms with Gasteiger partial charge < -0.3 is 15.2 Å². The van der Waals surface area contributed by atoms with E-state index in [4.69, 9.17) is 10.5 Å². The molecule has 4 nitrogen and oxygen atoms in total. The predicted octanol–water partition coefficient (Wildman–Crippen LogP) is 0.874. The highest BCUT2D eigenvalue weighted by Gasteiger charge is 2.26. The average Bonchev–Trinajstić information content (AvgIpc) is 2.30. The summed E-state index contributed by atoms with van der Waals surface area (Å²) >= 11 is 0. The molecule has 2 unspecified atom stereocenters. The molecule has 0 aliphatic carbocycles. The highest BCUT2D eigenvalue weighted by Crippen LogP contribution is 2.19. The molecule has 0 heterocycles. The molecular weight excluding hydrogens is 194 g/mol. The van der Waals surface area contributed by atoms with E-state index in [-0.39, 0.29) is 0 Å². The van der Waals surface area contributed by atoms with Gasteiger partial charge in [0.05, 0.1) is 7.11 Å². The standard InChI is InChI=1S/C11H15NO3/c1-14-10(9(12)11(13)15-2)8-6-4-3-5-7-8/h3-7,9-10H,12H2,1-2H3. The maximum absolute atomic E-state index is 11.3. The van der Waals surface area contributed by atoms with Crippen molar-refractivity contribution in [1.29, 1.82) is 0 Å². The van der Waals surface area contributed by atoms with Crippen molar-refractivity contribution in [3.05, 3.63) is 35.9 Å². The van der Waals surface area contributed by atoms with Gasteiger partial charge in [-0.3, -0.25) is 4.79 Å². The van der Waals surface area contributed by atoms with Crippen molar-refractivity contribution in [3.8, 4) is 0 Å². The molecule has 1 rings (SSSR count). The lowest BCUT2D eigenvalue weighted by molar-refractivity contribution is -0.145. The Morgan fingerprint density at radius 1 is 1.27 bits per heavy atom. The molecule has 0 radical (unpaired) electrons. The van der Waals surface area contributed by atoms with E-state index in [1.54, 1.807) is 0 Å². The first-order valence-electron chi connectivity index (χ1n) is 4.62. The number of nitrogens with two attached hydrogens (primary N) is 1. The molecule has 0 spiro atoms. The van der Waals surface area contributed by atoms with Crippen molar-refractivity contribution in [3.63, 3.8) is 0 Å². The minimum atomic E-state index is -0.803. The topological polar surface area (TPSA) is 61.5 Å². The van der Waals surface area contributed by atoms with Crippen LogP contribution in [0.2, 0.25) is 0 Å². The van der Waals surface area contributed by atoms with Gasteiger partial charge in [-0.1, -0.05) is 30.3 Å². The minimum Gasteiger partial charge on any atom is -0.468 e. The lowest BCUT2D eigenvalue weighted by Gasteiger charge is -2.20. The van der Waals surface area contributed by atoms with Crippen LogP contribution in [0.15, 0.2) is 30.3 Å². The quantitative estimate of drug-likeness (QED) is 0.747. The van der Waals surface area contributed by atoms with Crippen LogP contribution in [-0.2, 0) is 14.3 Å². The Hall–Kier alpha value is -1.39. The lowest BCUT2D eigenvalue weighted by Crippen LogP contribution is -2.38. The SMILES string of the molecule is COC(=O)C(N)C(OC)c1ccccc1. The van der Waals surface area contributed by atoms with Crippen molar-refractivity contribution in [2.24, 2.45) is 5.73 Å². The molecule has 82 valence electrons. The van der Waals surface area contributed by atoms with E-state index in [2.05, 4.69) is 4.74 Å². The Kier molecular flexibility index (Phi) is 4.27. The zero-order chi connectivity index (χ0) is 11.3. The molecule has 0 saturated heterocycles. The molecule has 1 aromatic carbocycles. The first-order valence-corrected chi connectivity index (χ1v) is 4.62. The van der Waals surface area contributed by atoms with Crippen molar-refractivity contribution < 1.29 is 14.3 Å². The molecule has 0 bridgehead atoms. The molecule has 2 atom stereocenters. The molecule has 2 N–H and O–H groups in total. The van der Waals surface area contributed by atoms with Gasteiger partial charge in [-0.05, 0) is 5.56 Å². The highest BCUT2D eigenvalue weighted by molar-refractivity contribution is 5.76. The monoisotopic (exact) mass is 209 g/mol. The van der Waals surface area contributed by atoms with Gasteiger partial charge in [-0.15, -0.1) is 0 Å². The summed E-state index contributed by atoms with van der Waals surface area (Å²) in [5, 5.41) is 0. The Balaban J connectivity index is 2.85. The Labute approximate surface area is 89.0 Å². The zero-order valence-corrected chi connectivity index (χ0v) is 8.84. The number of hydrogen-bond donors (Lipinski definition) is 1.